The lowest BCUT2D eigenvalue weighted by atomic mass is 9.59. The van der Waals surface area contributed by atoms with Crippen LogP contribution in [0.2, 0.25) is 0 Å². The zero-order chi connectivity index (χ0) is 7.00. The topological polar surface area (TPSA) is 20.2 Å². The van der Waals surface area contributed by atoms with E-state index in [0.29, 0.717) is 0 Å². The van der Waals surface area contributed by atoms with Crippen LogP contribution in [-0.4, -0.2) is 29.6 Å². The Hall–Kier alpha value is 0.820. The summed E-state index contributed by atoms with van der Waals surface area (Å²) in [6, 6.07) is 0. The molecule has 1 N–H and O–H groups in total. The van der Waals surface area contributed by atoms with Crippen LogP contribution in [0.15, 0.2) is 0 Å². The maximum atomic E-state index is 8.90. The molecule has 8 heavy (non-hydrogen) atoms. The van der Waals surface area contributed by atoms with Gasteiger partial charge in [-0.2, -0.15) is 0 Å². The molecule has 0 aliphatic rings. The normalized spacial score (nSPS) is 14.0. The predicted molar refractivity (Wildman–Crippen MR) is 44.6 cm³/mol. The lowest BCUT2D eigenvalue weighted by molar-refractivity contribution is 0.186. The molecule has 0 spiro atoms. The van der Waals surface area contributed by atoms with Gasteiger partial charge in [-0.15, -0.1) is 0 Å². The second-order valence-electron chi connectivity index (χ2n) is 2.30. The van der Waals surface area contributed by atoms with Crippen LogP contribution >= 0.6 is 22.6 Å². The van der Waals surface area contributed by atoms with Crippen LogP contribution in [0.3, 0.4) is 0 Å². The summed E-state index contributed by atoms with van der Waals surface area (Å²) < 4.78 is -0.481. The van der Waals surface area contributed by atoms with Crippen LogP contribution < -0.4 is 0 Å². The first-order chi connectivity index (χ1) is 3.25. The minimum Gasteiger partial charge on any atom is -0.408 e. The largest absolute Gasteiger partial charge is 0.408 e. The average molecular weight is 220 g/mol. The van der Waals surface area contributed by atoms with Crippen molar-refractivity contribution in [1.29, 1.82) is 0 Å². The Morgan fingerprint density at radius 1 is 1.38 bits per heavy atom. The molecule has 0 bridgehead atoms. The second kappa shape index (κ2) is 2.21. The number of aliphatic hydroxyl groups is 1. The average Bonchev–Trinajstić information content (AvgIpc) is 1.25. The minimum atomic E-state index is -1.58. The van der Waals surface area contributed by atoms with E-state index < -0.39 is 8.82 Å². The fourth-order valence-electron chi connectivity index (χ4n) is 0. The fourth-order valence-corrected chi connectivity index (χ4v) is 0. The van der Waals surface area contributed by atoms with Gasteiger partial charge in [0.2, 0.25) is 0 Å². The first kappa shape index (κ1) is 8.82. The zero-order valence-electron chi connectivity index (χ0n) is 4.98. The predicted octanol–water partition coefficient (Wildman–Crippen LogP) is 0.183. The minimum absolute atomic E-state index is 0.481. The first-order valence-electron chi connectivity index (χ1n) is 2.24. The van der Waals surface area contributed by atoms with E-state index in [1.54, 1.807) is 13.8 Å². The summed E-state index contributed by atoms with van der Waals surface area (Å²) in [5.74, 6) is 0. The molecule has 0 saturated heterocycles. The van der Waals surface area contributed by atoms with Gasteiger partial charge in [-0.1, -0.05) is 22.6 Å². The van der Waals surface area contributed by atoms with Crippen LogP contribution in [0.1, 0.15) is 13.8 Å². The van der Waals surface area contributed by atoms with Gasteiger partial charge in [0.1, 0.15) is 15.7 Å². The highest BCUT2D eigenvalue weighted by molar-refractivity contribution is 14.1. The van der Waals surface area contributed by atoms with E-state index in [2.05, 4.69) is 0 Å². The molecule has 0 amide bonds. The van der Waals surface area contributed by atoms with Crippen molar-refractivity contribution in [2.24, 2.45) is 0 Å². The Morgan fingerprint density at radius 3 is 1.50 bits per heavy atom. The standard InChI is InChI=1S/C4H7B2IO/c1-3(2,7)4(5,6)8/h8H,1-2H3. The van der Waals surface area contributed by atoms with Crippen molar-refractivity contribution in [2.75, 3.05) is 0 Å². The van der Waals surface area contributed by atoms with Crippen LogP contribution in [0, 0.1) is 0 Å². The number of alkyl halides is 1. The van der Waals surface area contributed by atoms with Gasteiger partial charge >= 0.3 is 0 Å². The lowest BCUT2D eigenvalue weighted by Gasteiger charge is -2.32. The molecule has 0 aliphatic heterocycles. The molecule has 0 fully saturated rings. The smallest absolute Gasteiger partial charge is 0.101 e. The molecule has 0 unspecified atom stereocenters. The molecule has 0 aromatic heterocycles. The van der Waals surface area contributed by atoms with Gasteiger partial charge in [0.05, 0.1) is 0 Å². The molecular weight excluding hydrogens is 213 g/mol. The molecule has 0 atom stereocenters. The quantitative estimate of drug-likeness (QED) is 0.379. The SMILES string of the molecule is [B]C([B])(O)C(C)(C)I. The van der Waals surface area contributed by atoms with E-state index in [1.807, 2.05) is 22.6 Å². The molecule has 0 heterocycles. The molecule has 0 aliphatic carbocycles. The number of rotatable bonds is 1. The van der Waals surface area contributed by atoms with Gasteiger partial charge in [-0.3, -0.25) is 0 Å². The maximum Gasteiger partial charge on any atom is 0.101 e. The zero-order valence-corrected chi connectivity index (χ0v) is 7.14. The van der Waals surface area contributed by atoms with Gasteiger partial charge in [0.15, 0.2) is 0 Å². The third-order valence-corrected chi connectivity index (χ3v) is 1.82. The molecule has 0 rings (SSSR count). The van der Waals surface area contributed by atoms with Crippen molar-refractivity contribution in [3.05, 3.63) is 0 Å². The third kappa shape index (κ3) is 2.40. The van der Waals surface area contributed by atoms with E-state index in [9.17, 15) is 0 Å². The molecule has 4 heteroatoms. The van der Waals surface area contributed by atoms with Crippen LogP contribution in [0.5, 0.6) is 0 Å². The van der Waals surface area contributed by atoms with Gasteiger partial charge in [-0.05, 0) is 13.8 Å². The molecular formula is C4H7B2IO. The first-order valence-corrected chi connectivity index (χ1v) is 3.32. The van der Waals surface area contributed by atoms with Crippen molar-refractivity contribution < 1.29 is 5.11 Å². The summed E-state index contributed by atoms with van der Waals surface area (Å²) in [6.07, 6.45) is 0. The van der Waals surface area contributed by atoms with Crippen molar-refractivity contribution in [1.82, 2.24) is 0 Å². The number of hydrogen-bond acceptors (Lipinski definition) is 1. The molecule has 1 nitrogen and oxygen atoms in total. The molecule has 0 aromatic rings. The monoisotopic (exact) mass is 220 g/mol. The fraction of sp³-hybridized carbons (Fsp3) is 1.00. The van der Waals surface area contributed by atoms with Gasteiger partial charge in [0, 0.05) is 8.82 Å². The highest BCUT2D eigenvalue weighted by Gasteiger charge is 2.30. The summed E-state index contributed by atoms with van der Waals surface area (Å²) in [7, 11) is 10.3. The maximum absolute atomic E-state index is 8.90. The summed E-state index contributed by atoms with van der Waals surface area (Å²) >= 11 is 1.98. The van der Waals surface area contributed by atoms with Crippen molar-refractivity contribution in [3.63, 3.8) is 0 Å². The van der Waals surface area contributed by atoms with Crippen LogP contribution in [0.4, 0.5) is 0 Å². The highest BCUT2D eigenvalue weighted by atomic mass is 127. The van der Waals surface area contributed by atoms with Crippen molar-refractivity contribution in [3.8, 4) is 0 Å². The second-order valence-corrected chi connectivity index (χ2v) is 4.99. The molecule has 0 aromatic carbocycles. The molecule has 0 saturated carbocycles. The van der Waals surface area contributed by atoms with Crippen molar-refractivity contribution in [2.45, 2.75) is 22.7 Å². The molecule has 42 valence electrons. The third-order valence-electron chi connectivity index (χ3n) is 0.952. The van der Waals surface area contributed by atoms with E-state index in [-0.39, 0.29) is 0 Å². The van der Waals surface area contributed by atoms with Gasteiger partial charge in [-0.25, -0.2) is 0 Å². The van der Waals surface area contributed by atoms with Gasteiger partial charge < -0.3 is 5.11 Å². The highest BCUT2D eigenvalue weighted by Crippen LogP contribution is 2.25. The van der Waals surface area contributed by atoms with E-state index in [1.165, 1.54) is 0 Å². The van der Waals surface area contributed by atoms with E-state index >= 15 is 0 Å². The van der Waals surface area contributed by atoms with Crippen molar-refractivity contribution >= 4 is 38.3 Å². The number of halogens is 1. The van der Waals surface area contributed by atoms with E-state index in [4.69, 9.17) is 20.8 Å². The lowest BCUT2D eigenvalue weighted by Crippen LogP contribution is -2.46. The summed E-state index contributed by atoms with van der Waals surface area (Å²) in [4.78, 5) is 0. The molecule has 4 radical (unpaired) electrons. The Labute approximate surface area is 66.2 Å². The Kier molecular flexibility index (Phi) is 2.44. The number of hydrogen-bond donors (Lipinski definition) is 1. The Bertz CT molecular complexity index is 69.0. The summed E-state index contributed by atoms with van der Waals surface area (Å²) in [5, 5.41) is 7.33. The van der Waals surface area contributed by atoms with Crippen LogP contribution in [0.25, 0.3) is 0 Å². The van der Waals surface area contributed by atoms with Crippen LogP contribution in [-0.2, 0) is 0 Å². The van der Waals surface area contributed by atoms with Gasteiger partial charge in [0.25, 0.3) is 0 Å². The Morgan fingerprint density at radius 2 is 1.50 bits per heavy atom. The Balaban J connectivity index is 4.02. The summed E-state index contributed by atoms with van der Waals surface area (Å²) in [6.45, 7) is 3.52. The summed E-state index contributed by atoms with van der Waals surface area (Å²) in [5.41, 5.74) is 0. The van der Waals surface area contributed by atoms with E-state index in [0.717, 1.165) is 0 Å².